The van der Waals surface area contributed by atoms with Crippen molar-refractivity contribution in [2.75, 3.05) is 19.0 Å². The van der Waals surface area contributed by atoms with Crippen molar-refractivity contribution >= 4 is 39.7 Å². The summed E-state index contributed by atoms with van der Waals surface area (Å²) < 4.78 is 18.3. The molecule has 0 spiro atoms. The molecule has 140 valence electrons. The van der Waals surface area contributed by atoms with Crippen molar-refractivity contribution in [1.29, 1.82) is 0 Å². The van der Waals surface area contributed by atoms with Crippen molar-refractivity contribution in [1.82, 2.24) is 15.2 Å². The highest BCUT2D eigenvalue weighted by Gasteiger charge is 2.26. The second-order valence-corrected chi connectivity index (χ2v) is 7.83. The first kappa shape index (κ1) is 18.7. The average molecular weight is 398 g/mol. The number of ether oxygens (including phenoxy) is 1. The molecule has 10 heteroatoms. The fourth-order valence-electron chi connectivity index (χ4n) is 2.53. The van der Waals surface area contributed by atoms with Crippen molar-refractivity contribution in [2.24, 2.45) is 0 Å². The second kappa shape index (κ2) is 8.56. The van der Waals surface area contributed by atoms with Crippen LogP contribution in [0, 0.1) is 5.13 Å². The minimum absolute atomic E-state index is 0.0501. The van der Waals surface area contributed by atoms with Crippen LogP contribution in [0.1, 0.15) is 23.4 Å². The highest BCUT2D eigenvalue weighted by Crippen LogP contribution is 2.19. The molecule has 3 rings (SSSR count). The first-order valence-electron chi connectivity index (χ1n) is 8.11. The number of thiazole rings is 1. The summed E-state index contributed by atoms with van der Waals surface area (Å²) in [7, 11) is 1.71. The number of aromatic nitrogens is 1. The molecule has 1 aliphatic rings. The summed E-state index contributed by atoms with van der Waals surface area (Å²) in [5.74, 6) is -0.0501. The van der Waals surface area contributed by atoms with Crippen LogP contribution in [0.3, 0.4) is 0 Å². The van der Waals surface area contributed by atoms with E-state index in [0.29, 0.717) is 24.0 Å². The topological polar surface area (TPSA) is 83.6 Å². The SMILES string of the molecule is CN(Cc1csc(NC(=O)NCc2ccc(F)s2)n1)C(=O)C1CCCO1. The summed E-state index contributed by atoms with van der Waals surface area (Å²) in [6, 6.07) is 2.58. The largest absolute Gasteiger partial charge is 0.368 e. The van der Waals surface area contributed by atoms with Gasteiger partial charge in [-0.2, -0.15) is 4.39 Å². The standard InChI is InChI=1S/C16H19FN4O3S2/c1-21(14(22)12-3-2-6-24-12)8-10-9-25-16(19-10)20-15(23)18-7-11-4-5-13(17)26-11/h4-5,9,12H,2-3,6-8H2,1H3,(H2,18,19,20,23). The molecule has 3 amide bonds. The highest BCUT2D eigenvalue weighted by atomic mass is 32.1. The smallest absolute Gasteiger partial charge is 0.321 e. The van der Waals surface area contributed by atoms with Gasteiger partial charge in [-0.25, -0.2) is 9.78 Å². The molecule has 26 heavy (non-hydrogen) atoms. The van der Waals surface area contributed by atoms with E-state index < -0.39 is 6.03 Å². The average Bonchev–Trinajstić information content (AvgIpc) is 3.35. The van der Waals surface area contributed by atoms with Gasteiger partial charge in [0.15, 0.2) is 10.3 Å². The van der Waals surface area contributed by atoms with E-state index in [1.807, 2.05) is 0 Å². The fourth-order valence-corrected chi connectivity index (χ4v) is 3.90. The molecule has 2 aromatic heterocycles. The molecular formula is C16H19FN4O3S2. The number of halogens is 1. The van der Waals surface area contributed by atoms with Gasteiger partial charge in [0, 0.05) is 23.9 Å². The van der Waals surface area contributed by atoms with Crippen LogP contribution in [0.5, 0.6) is 0 Å². The Labute approximate surface area is 158 Å². The number of hydrogen-bond donors (Lipinski definition) is 2. The fraction of sp³-hybridized carbons (Fsp3) is 0.438. The quantitative estimate of drug-likeness (QED) is 0.784. The summed E-state index contributed by atoms with van der Waals surface area (Å²) in [5.41, 5.74) is 0.694. The predicted molar refractivity (Wildman–Crippen MR) is 97.7 cm³/mol. The van der Waals surface area contributed by atoms with Crippen molar-refractivity contribution in [3.63, 3.8) is 0 Å². The molecule has 1 atom stereocenters. The number of nitrogens with one attached hydrogen (secondary N) is 2. The van der Waals surface area contributed by atoms with Gasteiger partial charge in [0.25, 0.3) is 5.91 Å². The number of hydrogen-bond acceptors (Lipinski definition) is 6. The lowest BCUT2D eigenvalue weighted by Gasteiger charge is -2.19. The van der Waals surface area contributed by atoms with Crippen LogP contribution in [-0.2, 0) is 22.6 Å². The third kappa shape index (κ3) is 4.99. The normalized spacial score (nSPS) is 16.5. The molecule has 2 N–H and O–H groups in total. The molecule has 3 heterocycles. The maximum absolute atomic E-state index is 12.9. The molecule has 7 nitrogen and oxygen atoms in total. The molecule has 1 unspecified atom stereocenters. The number of urea groups is 1. The summed E-state index contributed by atoms with van der Waals surface area (Å²) in [5, 5.41) is 7.23. The van der Waals surface area contributed by atoms with E-state index in [0.717, 1.165) is 29.1 Å². The van der Waals surface area contributed by atoms with E-state index in [-0.39, 0.29) is 23.7 Å². The molecule has 0 aromatic carbocycles. The molecule has 0 radical (unpaired) electrons. The third-order valence-corrected chi connectivity index (χ3v) is 5.48. The Kier molecular flexibility index (Phi) is 6.17. The monoisotopic (exact) mass is 398 g/mol. The Morgan fingerprint density at radius 2 is 2.31 bits per heavy atom. The Bertz CT molecular complexity index is 773. The van der Waals surface area contributed by atoms with E-state index >= 15 is 0 Å². The Hall–Kier alpha value is -2.04. The first-order valence-corrected chi connectivity index (χ1v) is 9.81. The molecule has 1 saturated heterocycles. The minimum atomic E-state index is -0.413. The lowest BCUT2D eigenvalue weighted by Crippen LogP contribution is -2.35. The molecule has 0 saturated carbocycles. The Morgan fingerprint density at radius 3 is 3.00 bits per heavy atom. The zero-order chi connectivity index (χ0) is 18.5. The highest BCUT2D eigenvalue weighted by molar-refractivity contribution is 7.14. The maximum atomic E-state index is 12.9. The Morgan fingerprint density at radius 1 is 1.46 bits per heavy atom. The molecular weight excluding hydrogens is 379 g/mol. The van der Waals surface area contributed by atoms with Crippen LogP contribution in [0.15, 0.2) is 17.5 Å². The van der Waals surface area contributed by atoms with Gasteiger partial charge in [0.05, 0.1) is 18.8 Å². The van der Waals surface area contributed by atoms with Crippen molar-refractivity contribution in [3.05, 3.63) is 33.2 Å². The number of anilines is 1. The molecule has 0 aliphatic carbocycles. The van der Waals surface area contributed by atoms with Crippen molar-refractivity contribution < 1.29 is 18.7 Å². The lowest BCUT2D eigenvalue weighted by molar-refractivity contribution is -0.140. The van der Waals surface area contributed by atoms with Gasteiger partial charge in [-0.05, 0) is 25.0 Å². The van der Waals surface area contributed by atoms with Gasteiger partial charge in [-0.1, -0.05) is 0 Å². The van der Waals surface area contributed by atoms with E-state index in [1.54, 1.807) is 23.4 Å². The number of amides is 3. The van der Waals surface area contributed by atoms with Crippen LogP contribution in [0.2, 0.25) is 0 Å². The van der Waals surface area contributed by atoms with Crippen LogP contribution < -0.4 is 10.6 Å². The third-order valence-electron chi connectivity index (χ3n) is 3.80. The molecule has 0 bridgehead atoms. The van der Waals surface area contributed by atoms with Gasteiger partial charge in [-0.15, -0.1) is 22.7 Å². The zero-order valence-electron chi connectivity index (χ0n) is 14.2. The number of carbonyl (C=O) groups excluding carboxylic acids is 2. The number of rotatable bonds is 6. The van der Waals surface area contributed by atoms with Gasteiger partial charge >= 0.3 is 6.03 Å². The van der Waals surface area contributed by atoms with Gasteiger partial charge in [0.2, 0.25) is 0 Å². The minimum Gasteiger partial charge on any atom is -0.368 e. The molecule has 1 aliphatic heterocycles. The molecule has 2 aromatic rings. The predicted octanol–water partition coefficient (Wildman–Crippen LogP) is 2.80. The van der Waals surface area contributed by atoms with Crippen LogP contribution in [-0.4, -0.2) is 41.6 Å². The Balaban J connectivity index is 1.46. The van der Waals surface area contributed by atoms with E-state index in [1.165, 1.54) is 17.4 Å². The number of likely N-dealkylation sites (N-methyl/N-ethyl adjacent to an activating group) is 1. The van der Waals surface area contributed by atoms with E-state index in [2.05, 4.69) is 15.6 Å². The summed E-state index contributed by atoms with van der Waals surface area (Å²) in [6.07, 6.45) is 1.30. The van der Waals surface area contributed by atoms with Crippen LogP contribution in [0.25, 0.3) is 0 Å². The van der Waals surface area contributed by atoms with Crippen LogP contribution >= 0.6 is 22.7 Å². The van der Waals surface area contributed by atoms with Gasteiger partial charge < -0.3 is 15.0 Å². The summed E-state index contributed by atoms with van der Waals surface area (Å²) in [4.78, 5) is 30.7. The summed E-state index contributed by atoms with van der Waals surface area (Å²) in [6.45, 7) is 1.23. The van der Waals surface area contributed by atoms with Crippen molar-refractivity contribution in [3.8, 4) is 0 Å². The zero-order valence-corrected chi connectivity index (χ0v) is 15.8. The maximum Gasteiger partial charge on any atom is 0.321 e. The van der Waals surface area contributed by atoms with Crippen molar-refractivity contribution in [2.45, 2.75) is 32.0 Å². The molecule has 1 fully saturated rings. The number of carbonyl (C=O) groups is 2. The second-order valence-electron chi connectivity index (χ2n) is 5.85. The lowest BCUT2D eigenvalue weighted by atomic mass is 10.2. The number of thiophene rings is 1. The summed E-state index contributed by atoms with van der Waals surface area (Å²) >= 11 is 2.27. The van der Waals surface area contributed by atoms with Gasteiger partial charge in [0.1, 0.15) is 6.10 Å². The number of nitrogens with zero attached hydrogens (tertiary/aromatic N) is 2. The van der Waals surface area contributed by atoms with Gasteiger partial charge in [-0.3, -0.25) is 10.1 Å². The first-order chi connectivity index (χ1) is 12.5. The van der Waals surface area contributed by atoms with E-state index in [4.69, 9.17) is 4.74 Å². The van der Waals surface area contributed by atoms with Crippen LogP contribution in [0.4, 0.5) is 14.3 Å². The van der Waals surface area contributed by atoms with E-state index in [9.17, 15) is 14.0 Å².